The summed E-state index contributed by atoms with van der Waals surface area (Å²) in [6.45, 7) is 13.1. The molecule has 8 bridgehead atoms. The largest absolute Gasteiger partial charge is 0.354 e. The summed E-state index contributed by atoms with van der Waals surface area (Å²) in [5.74, 6) is 0. The SMILES string of the molecule is CCCCCCCC[n+]1ccccc1C1=c2ccc([nH]2)=C(c2cccc[n+]2CCCCCCCC)c2ccc([nH]2)C(c2cccc[n+]2CCCCCCCC)=c2ccc([nH]2)=C(c2cccc[n+]2CCCCCCCC)c2ccc1[nH]2. The molecule has 4 N–H and O–H groups in total. The fraction of sp³-hybridized carbons (Fsp3) is 0.444. The Labute approximate surface area is 479 Å². The van der Waals surface area contributed by atoms with Crippen molar-refractivity contribution in [3.63, 3.8) is 0 Å². The van der Waals surface area contributed by atoms with E-state index in [0.29, 0.717) is 0 Å². The first-order chi connectivity index (χ1) is 39.6. The van der Waals surface area contributed by atoms with Gasteiger partial charge in [-0.25, -0.2) is 0 Å². The van der Waals surface area contributed by atoms with E-state index < -0.39 is 0 Å². The van der Waals surface area contributed by atoms with Gasteiger partial charge in [-0.3, -0.25) is 0 Å². The Balaban J connectivity index is 1.29. The molecule has 0 aliphatic carbocycles. The lowest BCUT2D eigenvalue weighted by atomic mass is 10.1. The smallest absolute Gasteiger partial charge is 0.216 e. The van der Waals surface area contributed by atoms with Crippen LogP contribution in [0.15, 0.2) is 146 Å². The monoisotopic (exact) mass is 1070 g/mol. The summed E-state index contributed by atoms with van der Waals surface area (Å²) in [5, 5.41) is 4.33. The van der Waals surface area contributed by atoms with Gasteiger partial charge in [0, 0.05) is 74.2 Å². The average Bonchev–Trinajstić information content (AvgIpc) is 4.44. The van der Waals surface area contributed by atoms with Gasteiger partial charge in [0.1, 0.15) is 26.2 Å². The molecule has 0 amide bonds. The van der Waals surface area contributed by atoms with Gasteiger partial charge >= 0.3 is 0 Å². The van der Waals surface area contributed by atoms with Crippen molar-refractivity contribution in [2.24, 2.45) is 0 Å². The summed E-state index contributed by atoms with van der Waals surface area (Å²) in [7, 11) is 0. The van der Waals surface area contributed by atoms with Crippen molar-refractivity contribution in [1.82, 2.24) is 19.9 Å². The molecule has 0 fully saturated rings. The van der Waals surface area contributed by atoms with Crippen molar-refractivity contribution in [2.45, 2.75) is 208 Å². The van der Waals surface area contributed by atoms with Crippen LogP contribution >= 0.6 is 0 Å². The lowest BCUT2D eigenvalue weighted by Gasteiger charge is -2.10. The minimum atomic E-state index is 0.961. The van der Waals surface area contributed by atoms with Gasteiger partial charge in [0.25, 0.3) is 0 Å². The van der Waals surface area contributed by atoms with Crippen LogP contribution in [0.1, 0.15) is 227 Å². The molecule has 8 aromatic rings. The maximum atomic E-state index is 4.14. The summed E-state index contributed by atoms with van der Waals surface area (Å²) in [6, 6.07) is 45.6. The number of aromatic nitrogens is 8. The Morgan fingerprint density at radius 2 is 0.463 bits per heavy atom. The molecule has 0 atom stereocenters. The van der Waals surface area contributed by atoms with E-state index in [1.54, 1.807) is 0 Å². The van der Waals surface area contributed by atoms with Gasteiger partial charge in [0.2, 0.25) is 22.8 Å². The van der Waals surface area contributed by atoms with Gasteiger partial charge in [-0.15, -0.1) is 0 Å². The maximum absolute atomic E-state index is 4.14. The predicted octanol–water partition coefficient (Wildman–Crippen LogP) is 12.9. The van der Waals surface area contributed by atoms with Gasteiger partial charge < -0.3 is 19.9 Å². The van der Waals surface area contributed by atoms with Crippen molar-refractivity contribution >= 4 is 22.3 Å². The molecule has 0 saturated heterocycles. The Morgan fingerprint density at radius 3 is 0.700 bits per heavy atom. The van der Waals surface area contributed by atoms with Crippen molar-refractivity contribution in [3.05, 3.63) is 213 Å². The molecule has 0 radical (unpaired) electrons. The standard InChI is InChI=1S/C72H94N8/c1-5-9-13-17-21-29-49-77-53-33-25-37-65(77)69-57-41-43-59(73-57)70(66-38-26-34-54-78(66)50-30-22-18-14-10-6-2)61-45-47-63(75-61)72(68-40-28-36-56-80(68)52-32-24-20-16-12-8-4)64-48-46-62(76-64)71(60-44-42-58(69)74-60)67-39-27-35-55-79(67)51-31-23-19-15-11-7-3/h25-28,33-48,53-56H,5-24,29-32,49-52H2,1-4H3,(H2,73,74,75,76)/q+2/p+2. The first-order valence-corrected chi connectivity index (χ1v) is 31.8. The van der Waals surface area contributed by atoms with Crippen LogP contribution in [0.4, 0.5) is 0 Å². The number of hydrogen-bond donors (Lipinski definition) is 4. The Bertz CT molecular complexity index is 2990. The second-order valence-corrected chi connectivity index (χ2v) is 22.8. The van der Waals surface area contributed by atoms with Crippen molar-refractivity contribution < 1.29 is 18.3 Å². The van der Waals surface area contributed by atoms with Crippen LogP contribution in [0, 0.1) is 0 Å². The molecule has 8 aromatic heterocycles. The first kappa shape index (κ1) is 57.9. The zero-order chi connectivity index (χ0) is 55.1. The van der Waals surface area contributed by atoms with Crippen LogP contribution in [-0.4, -0.2) is 19.9 Å². The molecule has 9 rings (SSSR count). The van der Waals surface area contributed by atoms with Gasteiger partial charge in [0.05, 0.1) is 66.5 Å². The number of rotatable bonds is 32. The molecular formula is C72H96N8+4. The molecule has 8 heteroatoms. The third-order valence-electron chi connectivity index (χ3n) is 16.7. The second-order valence-electron chi connectivity index (χ2n) is 22.8. The third-order valence-corrected chi connectivity index (χ3v) is 16.7. The second kappa shape index (κ2) is 30.7. The fourth-order valence-corrected chi connectivity index (χ4v) is 12.3. The number of H-pyrrole nitrogens is 4. The van der Waals surface area contributed by atoms with E-state index in [4.69, 9.17) is 0 Å². The molecule has 420 valence electrons. The van der Waals surface area contributed by atoms with Crippen LogP contribution in [0.3, 0.4) is 0 Å². The van der Waals surface area contributed by atoms with E-state index >= 15 is 0 Å². The number of nitrogens with zero attached hydrogens (tertiary/aromatic N) is 4. The zero-order valence-electron chi connectivity index (χ0n) is 49.4. The van der Waals surface area contributed by atoms with E-state index in [0.717, 1.165) is 118 Å². The topological polar surface area (TPSA) is 78.7 Å². The van der Waals surface area contributed by atoms with E-state index in [-0.39, 0.29) is 0 Å². The summed E-state index contributed by atoms with van der Waals surface area (Å²) in [4.78, 5) is 16.6. The number of fused-ring (bicyclic) bond motifs is 8. The van der Waals surface area contributed by atoms with Crippen LogP contribution in [0.5, 0.6) is 0 Å². The third kappa shape index (κ3) is 14.9. The van der Waals surface area contributed by atoms with Crippen LogP contribution < -0.4 is 39.7 Å². The molecule has 8 nitrogen and oxygen atoms in total. The molecule has 0 unspecified atom stereocenters. The lowest BCUT2D eigenvalue weighted by molar-refractivity contribution is -0.699. The van der Waals surface area contributed by atoms with E-state index in [1.807, 2.05) is 0 Å². The minimum Gasteiger partial charge on any atom is -0.354 e. The van der Waals surface area contributed by atoms with E-state index in [1.165, 1.54) is 151 Å². The predicted molar refractivity (Wildman–Crippen MR) is 328 cm³/mol. The quantitative estimate of drug-likeness (QED) is 0.0240. The number of aromatic amines is 4. The van der Waals surface area contributed by atoms with Crippen LogP contribution in [0.2, 0.25) is 0 Å². The lowest BCUT2D eigenvalue weighted by Crippen LogP contribution is -2.40. The summed E-state index contributed by atoms with van der Waals surface area (Å²) >= 11 is 0. The highest BCUT2D eigenvalue weighted by Crippen LogP contribution is 2.26. The molecule has 1 aliphatic heterocycles. The van der Waals surface area contributed by atoms with Crippen molar-refractivity contribution in [3.8, 4) is 0 Å². The van der Waals surface area contributed by atoms with Crippen LogP contribution in [0.25, 0.3) is 22.3 Å². The molecule has 80 heavy (non-hydrogen) atoms. The van der Waals surface area contributed by atoms with Crippen molar-refractivity contribution in [1.29, 1.82) is 0 Å². The first-order valence-electron chi connectivity index (χ1n) is 31.8. The Morgan fingerprint density at radius 1 is 0.237 bits per heavy atom. The van der Waals surface area contributed by atoms with Crippen LogP contribution in [-0.2, 0) is 26.2 Å². The average molecular weight is 1070 g/mol. The van der Waals surface area contributed by atoms with E-state index in [2.05, 4.69) is 212 Å². The van der Waals surface area contributed by atoms with E-state index in [9.17, 15) is 0 Å². The maximum Gasteiger partial charge on any atom is 0.216 e. The number of nitrogens with one attached hydrogen (secondary N) is 4. The summed E-state index contributed by atoms with van der Waals surface area (Å²) in [5.41, 5.74) is 13.8. The van der Waals surface area contributed by atoms with Gasteiger partial charge in [-0.1, -0.05) is 130 Å². The normalized spacial score (nSPS) is 12.6. The molecule has 1 aliphatic rings. The number of unbranched alkanes of at least 4 members (excludes halogenated alkanes) is 20. The number of aryl methyl sites for hydroxylation is 4. The Kier molecular flexibility index (Phi) is 22.2. The highest BCUT2D eigenvalue weighted by Gasteiger charge is 2.28. The number of pyridine rings is 4. The van der Waals surface area contributed by atoms with Gasteiger partial charge in [-0.2, -0.15) is 18.3 Å². The molecular weight excluding hydrogens is 977 g/mol. The highest BCUT2D eigenvalue weighted by atomic mass is 15.0. The van der Waals surface area contributed by atoms with Gasteiger partial charge in [-0.05, 0) is 98.5 Å². The van der Waals surface area contributed by atoms with Crippen molar-refractivity contribution in [2.75, 3.05) is 0 Å². The number of hydrogen-bond acceptors (Lipinski definition) is 0. The summed E-state index contributed by atoms with van der Waals surface area (Å²) in [6.07, 6.45) is 39.4. The van der Waals surface area contributed by atoms with Gasteiger partial charge in [0.15, 0.2) is 24.8 Å². The summed E-state index contributed by atoms with van der Waals surface area (Å²) < 4.78 is 9.98. The highest BCUT2D eigenvalue weighted by molar-refractivity contribution is 5.81. The zero-order valence-corrected chi connectivity index (χ0v) is 49.4. The fourth-order valence-electron chi connectivity index (χ4n) is 12.3. The minimum absolute atomic E-state index is 0.961. The molecule has 0 saturated carbocycles. The molecule has 9 heterocycles. The Hall–Kier alpha value is -6.80. The molecule has 0 aromatic carbocycles. The molecule has 0 spiro atoms.